The molecule has 0 aliphatic heterocycles. The maximum Gasteiger partial charge on any atom is 0.302 e. The van der Waals surface area contributed by atoms with Crippen LogP contribution in [0, 0.1) is 0 Å². The minimum Gasteiger partial charge on any atom is -0.464 e. The van der Waals surface area contributed by atoms with Crippen molar-refractivity contribution in [3.8, 4) is 0 Å². The summed E-state index contributed by atoms with van der Waals surface area (Å²) < 4.78 is 4.63. The van der Waals surface area contributed by atoms with Crippen LogP contribution < -0.4 is 0 Å². The van der Waals surface area contributed by atoms with E-state index < -0.39 is 0 Å². The van der Waals surface area contributed by atoms with Crippen molar-refractivity contribution < 1.29 is 9.53 Å². The van der Waals surface area contributed by atoms with Crippen LogP contribution in [0.2, 0.25) is 0 Å². The van der Waals surface area contributed by atoms with Gasteiger partial charge in [-0.15, -0.1) is 11.6 Å². The zero-order chi connectivity index (χ0) is 8.15. The predicted octanol–water partition coefficient (Wildman–Crippen LogP) is 1.73. The molecule has 0 spiro atoms. The minimum atomic E-state index is -0.313. The van der Waals surface area contributed by atoms with Gasteiger partial charge in [0.05, 0.1) is 5.38 Å². The van der Waals surface area contributed by atoms with Crippen LogP contribution in [-0.4, -0.2) is 18.0 Å². The molecule has 10 heavy (non-hydrogen) atoms. The summed E-state index contributed by atoms with van der Waals surface area (Å²) in [7, 11) is 0. The largest absolute Gasteiger partial charge is 0.464 e. The third-order valence-electron chi connectivity index (χ3n) is 0.968. The van der Waals surface area contributed by atoms with E-state index in [2.05, 4.69) is 11.3 Å². The van der Waals surface area contributed by atoms with Gasteiger partial charge in [-0.1, -0.05) is 12.2 Å². The highest BCUT2D eigenvalue weighted by molar-refractivity contribution is 6.22. The number of hydrogen-bond acceptors (Lipinski definition) is 2. The van der Waals surface area contributed by atoms with Crippen molar-refractivity contribution in [1.82, 2.24) is 0 Å². The van der Waals surface area contributed by atoms with Crippen LogP contribution in [0.15, 0.2) is 12.2 Å². The van der Waals surface area contributed by atoms with Gasteiger partial charge in [-0.05, 0) is 6.92 Å². The molecule has 2 nitrogen and oxygen atoms in total. The van der Waals surface area contributed by atoms with Crippen LogP contribution in [0.3, 0.4) is 0 Å². The predicted molar refractivity (Wildman–Crippen MR) is 41.1 cm³/mol. The highest BCUT2D eigenvalue weighted by atomic mass is 35.5. The summed E-state index contributed by atoms with van der Waals surface area (Å²) in [5.74, 6) is -0.313. The third-order valence-corrected chi connectivity index (χ3v) is 1.47. The molecule has 0 aliphatic carbocycles. The zero-order valence-electron chi connectivity index (χ0n) is 6.19. The molecule has 58 valence electrons. The van der Waals surface area contributed by atoms with Gasteiger partial charge >= 0.3 is 5.97 Å². The molecule has 0 aliphatic rings. The quantitative estimate of drug-likeness (QED) is 0.359. The summed E-state index contributed by atoms with van der Waals surface area (Å²) in [4.78, 5) is 10.3. The lowest BCUT2D eigenvalue weighted by Crippen LogP contribution is -2.12. The van der Waals surface area contributed by atoms with Crippen molar-refractivity contribution in [3.05, 3.63) is 12.2 Å². The topological polar surface area (TPSA) is 26.3 Å². The minimum absolute atomic E-state index is 0.215. The standard InChI is InChI=1S/C7H11ClO2/c1-5(2)7(8)4-10-6(3)9/h7H,1,4H2,2-3H3. The van der Waals surface area contributed by atoms with Crippen LogP contribution in [0.25, 0.3) is 0 Å². The second-order valence-corrected chi connectivity index (χ2v) is 2.64. The van der Waals surface area contributed by atoms with Crippen molar-refractivity contribution >= 4 is 17.6 Å². The summed E-state index contributed by atoms with van der Waals surface area (Å²) in [5.41, 5.74) is 0.808. The van der Waals surface area contributed by atoms with Gasteiger partial charge in [0.25, 0.3) is 0 Å². The van der Waals surface area contributed by atoms with E-state index in [1.165, 1.54) is 6.92 Å². The number of carbonyl (C=O) groups is 1. The third kappa shape index (κ3) is 4.39. The van der Waals surface area contributed by atoms with Crippen molar-refractivity contribution in [3.63, 3.8) is 0 Å². The second-order valence-electron chi connectivity index (χ2n) is 2.12. The van der Waals surface area contributed by atoms with Crippen LogP contribution in [-0.2, 0) is 9.53 Å². The Bertz CT molecular complexity index is 143. The lowest BCUT2D eigenvalue weighted by atomic mass is 10.2. The van der Waals surface area contributed by atoms with Gasteiger partial charge < -0.3 is 4.74 Å². The van der Waals surface area contributed by atoms with E-state index in [0.29, 0.717) is 0 Å². The Morgan fingerprint density at radius 1 is 1.70 bits per heavy atom. The molecule has 0 rings (SSSR count). The molecule has 0 amide bonds. The highest BCUT2D eigenvalue weighted by Crippen LogP contribution is 2.06. The van der Waals surface area contributed by atoms with Crippen LogP contribution in [0.4, 0.5) is 0 Å². The zero-order valence-corrected chi connectivity index (χ0v) is 6.94. The molecule has 0 N–H and O–H groups in total. The average molecular weight is 163 g/mol. The van der Waals surface area contributed by atoms with E-state index in [1.807, 2.05) is 0 Å². The number of alkyl halides is 1. The summed E-state index contributed by atoms with van der Waals surface area (Å²) in [6, 6.07) is 0. The van der Waals surface area contributed by atoms with Gasteiger partial charge in [0.1, 0.15) is 6.61 Å². The molecule has 0 heterocycles. The molecule has 0 fully saturated rings. The smallest absolute Gasteiger partial charge is 0.302 e. The Hall–Kier alpha value is -0.500. The van der Waals surface area contributed by atoms with E-state index in [-0.39, 0.29) is 18.0 Å². The number of rotatable bonds is 3. The SMILES string of the molecule is C=C(C)C(Cl)COC(C)=O. The molecule has 3 heteroatoms. The second kappa shape index (κ2) is 4.34. The molecule has 0 aromatic carbocycles. The molecule has 0 saturated carbocycles. The van der Waals surface area contributed by atoms with Crippen molar-refractivity contribution in [2.24, 2.45) is 0 Å². The molecule has 1 atom stereocenters. The molecule has 0 bridgehead atoms. The van der Waals surface area contributed by atoms with Crippen molar-refractivity contribution in [2.75, 3.05) is 6.61 Å². The van der Waals surface area contributed by atoms with E-state index in [4.69, 9.17) is 11.6 Å². The molecular formula is C7H11ClO2. The van der Waals surface area contributed by atoms with Gasteiger partial charge in [-0.25, -0.2) is 0 Å². The average Bonchev–Trinajstić information content (AvgIpc) is 1.82. The maximum atomic E-state index is 10.3. The lowest BCUT2D eigenvalue weighted by molar-refractivity contribution is -0.140. The molecule has 0 radical (unpaired) electrons. The van der Waals surface area contributed by atoms with E-state index >= 15 is 0 Å². The number of hydrogen-bond donors (Lipinski definition) is 0. The Kier molecular flexibility index (Phi) is 4.12. The summed E-state index contributed by atoms with van der Waals surface area (Å²) >= 11 is 5.68. The van der Waals surface area contributed by atoms with Crippen LogP contribution in [0.5, 0.6) is 0 Å². The lowest BCUT2D eigenvalue weighted by Gasteiger charge is -2.07. The van der Waals surface area contributed by atoms with E-state index in [1.54, 1.807) is 6.92 Å². The van der Waals surface area contributed by atoms with E-state index in [0.717, 1.165) is 5.57 Å². The first-order valence-electron chi connectivity index (χ1n) is 2.97. The fraction of sp³-hybridized carbons (Fsp3) is 0.571. The molecule has 1 unspecified atom stereocenters. The fourth-order valence-corrected chi connectivity index (χ4v) is 0.396. The number of halogens is 1. The first-order valence-corrected chi connectivity index (χ1v) is 3.40. The molecule has 0 aromatic heterocycles. The summed E-state index contributed by atoms with van der Waals surface area (Å²) in [6.45, 7) is 6.97. The molecule has 0 aromatic rings. The van der Waals surface area contributed by atoms with E-state index in [9.17, 15) is 4.79 Å². The Balaban J connectivity index is 3.49. The summed E-state index contributed by atoms with van der Waals surface area (Å²) in [6.07, 6.45) is 0. The highest BCUT2D eigenvalue weighted by Gasteiger charge is 2.05. The van der Waals surface area contributed by atoms with Crippen molar-refractivity contribution in [1.29, 1.82) is 0 Å². The fourth-order valence-electron chi connectivity index (χ4n) is 0.333. The van der Waals surface area contributed by atoms with Crippen LogP contribution >= 0.6 is 11.6 Å². The molecular weight excluding hydrogens is 152 g/mol. The first kappa shape index (κ1) is 9.50. The molecule has 0 saturated heterocycles. The number of esters is 1. The van der Waals surface area contributed by atoms with Gasteiger partial charge in [0.2, 0.25) is 0 Å². The Labute approximate surface area is 65.8 Å². The van der Waals surface area contributed by atoms with Gasteiger partial charge in [-0.3, -0.25) is 4.79 Å². The maximum absolute atomic E-state index is 10.3. The van der Waals surface area contributed by atoms with Crippen LogP contribution in [0.1, 0.15) is 13.8 Å². The van der Waals surface area contributed by atoms with Gasteiger partial charge in [0, 0.05) is 6.92 Å². The Morgan fingerprint density at radius 2 is 2.20 bits per heavy atom. The van der Waals surface area contributed by atoms with Gasteiger partial charge in [0.15, 0.2) is 0 Å². The normalized spacial score (nSPS) is 12.3. The summed E-state index contributed by atoms with van der Waals surface area (Å²) in [5, 5.41) is -0.260. The number of ether oxygens (including phenoxy) is 1. The monoisotopic (exact) mass is 162 g/mol. The van der Waals surface area contributed by atoms with Crippen molar-refractivity contribution in [2.45, 2.75) is 19.2 Å². The first-order chi connectivity index (χ1) is 4.54. The number of carbonyl (C=O) groups excluding carboxylic acids is 1. The Morgan fingerprint density at radius 3 is 2.50 bits per heavy atom. The van der Waals surface area contributed by atoms with Gasteiger partial charge in [-0.2, -0.15) is 0 Å².